The van der Waals surface area contributed by atoms with Crippen LogP contribution >= 0.6 is 11.6 Å². The van der Waals surface area contributed by atoms with Crippen LogP contribution < -0.4 is 0 Å². The summed E-state index contributed by atoms with van der Waals surface area (Å²) < 4.78 is 0. The van der Waals surface area contributed by atoms with E-state index in [0.29, 0.717) is 0 Å². The van der Waals surface area contributed by atoms with E-state index in [4.69, 9.17) is 11.6 Å². The van der Waals surface area contributed by atoms with Gasteiger partial charge in [0.2, 0.25) is 0 Å². The summed E-state index contributed by atoms with van der Waals surface area (Å²) in [5.74, 6) is 0.147. The number of hydrogen-bond acceptors (Lipinski definition) is 1. The van der Waals surface area contributed by atoms with Crippen molar-refractivity contribution in [1.82, 2.24) is 0 Å². The molecular weight excluding hydrogens is 196 g/mol. The van der Waals surface area contributed by atoms with E-state index in [9.17, 15) is 4.79 Å². The molecule has 0 fully saturated rings. The Bertz CT molecular complexity index is 289. The lowest BCUT2D eigenvalue weighted by molar-refractivity contribution is -0.119. The minimum atomic E-state index is -0.617. The highest BCUT2D eigenvalue weighted by Crippen LogP contribution is 2.45. The lowest BCUT2D eigenvalue weighted by Crippen LogP contribution is -2.37. The summed E-state index contributed by atoms with van der Waals surface area (Å²) in [6.45, 7) is 1.64. The van der Waals surface area contributed by atoms with Crippen LogP contribution in [0.15, 0.2) is 11.1 Å². The van der Waals surface area contributed by atoms with Crippen molar-refractivity contribution in [1.29, 1.82) is 0 Å². The Morgan fingerprint density at radius 3 is 2.57 bits per heavy atom. The van der Waals surface area contributed by atoms with Crippen LogP contribution in [0.25, 0.3) is 0 Å². The molecule has 0 heterocycles. The van der Waals surface area contributed by atoms with Gasteiger partial charge in [0, 0.05) is 0 Å². The molecule has 1 atom stereocenters. The highest BCUT2D eigenvalue weighted by molar-refractivity contribution is 6.37. The maximum absolute atomic E-state index is 11.6. The SMILES string of the molecule is CC(=O)C1(Cl)CCCC2=C1CCCC2. The Hall–Kier alpha value is -0.300. The predicted octanol–water partition coefficient (Wildman–Crippen LogP) is 3.61. The average molecular weight is 213 g/mol. The summed E-state index contributed by atoms with van der Waals surface area (Å²) in [5.41, 5.74) is 2.77. The van der Waals surface area contributed by atoms with Gasteiger partial charge >= 0.3 is 0 Å². The van der Waals surface area contributed by atoms with Gasteiger partial charge in [-0.15, -0.1) is 11.6 Å². The van der Waals surface area contributed by atoms with Gasteiger partial charge in [-0.2, -0.15) is 0 Å². The number of allylic oxidation sites excluding steroid dienone is 2. The van der Waals surface area contributed by atoms with E-state index in [0.717, 1.165) is 19.3 Å². The third kappa shape index (κ3) is 1.52. The fourth-order valence-corrected chi connectivity index (χ4v) is 3.17. The van der Waals surface area contributed by atoms with Crippen molar-refractivity contribution in [3.05, 3.63) is 11.1 Å². The first kappa shape index (κ1) is 10.2. The zero-order valence-corrected chi connectivity index (χ0v) is 9.49. The minimum absolute atomic E-state index is 0.147. The lowest BCUT2D eigenvalue weighted by atomic mass is 9.74. The highest BCUT2D eigenvalue weighted by Gasteiger charge is 2.40. The molecule has 0 spiro atoms. The maximum atomic E-state index is 11.6. The molecule has 0 radical (unpaired) electrons. The van der Waals surface area contributed by atoms with Crippen molar-refractivity contribution >= 4 is 17.4 Å². The van der Waals surface area contributed by atoms with Crippen LogP contribution in [-0.4, -0.2) is 10.7 Å². The van der Waals surface area contributed by atoms with Gasteiger partial charge in [0.1, 0.15) is 4.87 Å². The van der Waals surface area contributed by atoms with Crippen LogP contribution in [-0.2, 0) is 4.79 Å². The topological polar surface area (TPSA) is 17.1 Å². The first-order valence-electron chi connectivity index (χ1n) is 5.56. The van der Waals surface area contributed by atoms with Crippen LogP contribution in [0.4, 0.5) is 0 Å². The molecule has 0 bridgehead atoms. The Balaban J connectivity index is 2.38. The number of hydrogen-bond donors (Lipinski definition) is 0. The molecule has 2 aliphatic rings. The molecule has 0 aromatic heterocycles. The molecule has 0 aliphatic heterocycles. The summed E-state index contributed by atoms with van der Waals surface area (Å²) in [6, 6.07) is 0. The molecule has 2 aliphatic carbocycles. The van der Waals surface area contributed by atoms with Crippen LogP contribution in [0.2, 0.25) is 0 Å². The summed E-state index contributed by atoms with van der Waals surface area (Å²) in [4.78, 5) is 11.0. The number of carbonyl (C=O) groups is 1. The standard InChI is InChI=1S/C12H17ClO/c1-9(14)12(13)8-4-6-10-5-2-3-7-11(10)12/h2-8H2,1H3. The number of halogens is 1. The second-order valence-electron chi connectivity index (χ2n) is 4.50. The van der Waals surface area contributed by atoms with Crippen LogP contribution in [0.1, 0.15) is 51.9 Å². The largest absolute Gasteiger partial charge is 0.298 e. The summed E-state index contributed by atoms with van der Waals surface area (Å²) in [6.07, 6.45) is 7.83. The second kappa shape index (κ2) is 3.69. The summed E-state index contributed by atoms with van der Waals surface area (Å²) in [5, 5.41) is 0. The third-order valence-electron chi connectivity index (χ3n) is 3.62. The van der Waals surface area contributed by atoms with Gasteiger partial charge in [0.15, 0.2) is 5.78 Å². The van der Waals surface area contributed by atoms with Gasteiger partial charge in [-0.1, -0.05) is 5.57 Å². The van der Waals surface area contributed by atoms with Crippen molar-refractivity contribution in [2.45, 2.75) is 56.7 Å². The zero-order valence-electron chi connectivity index (χ0n) is 8.74. The number of Topliss-reactive ketones (excluding diaryl/α,β-unsaturated/α-hetero) is 1. The number of carbonyl (C=O) groups excluding carboxylic acids is 1. The first-order chi connectivity index (χ1) is 6.64. The lowest BCUT2D eigenvalue weighted by Gasteiger charge is -2.36. The fraction of sp³-hybridized carbons (Fsp3) is 0.750. The van der Waals surface area contributed by atoms with Crippen LogP contribution in [0.3, 0.4) is 0 Å². The first-order valence-corrected chi connectivity index (χ1v) is 5.94. The Morgan fingerprint density at radius 1 is 1.21 bits per heavy atom. The molecule has 0 aromatic carbocycles. The zero-order chi connectivity index (χ0) is 10.2. The molecule has 0 N–H and O–H groups in total. The molecule has 1 unspecified atom stereocenters. The molecule has 14 heavy (non-hydrogen) atoms. The van der Waals surface area contributed by atoms with Crippen LogP contribution in [0.5, 0.6) is 0 Å². The van der Waals surface area contributed by atoms with E-state index in [1.165, 1.54) is 36.8 Å². The van der Waals surface area contributed by atoms with E-state index >= 15 is 0 Å². The second-order valence-corrected chi connectivity index (χ2v) is 5.15. The monoisotopic (exact) mass is 212 g/mol. The van der Waals surface area contributed by atoms with E-state index < -0.39 is 4.87 Å². The number of rotatable bonds is 1. The van der Waals surface area contributed by atoms with Crippen molar-refractivity contribution in [2.75, 3.05) is 0 Å². The molecule has 2 heteroatoms. The van der Waals surface area contributed by atoms with Gasteiger partial charge in [-0.3, -0.25) is 4.79 Å². The van der Waals surface area contributed by atoms with E-state index in [1.54, 1.807) is 6.92 Å². The van der Waals surface area contributed by atoms with Gasteiger partial charge < -0.3 is 0 Å². The van der Waals surface area contributed by atoms with Crippen molar-refractivity contribution in [2.24, 2.45) is 0 Å². The van der Waals surface area contributed by atoms with E-state index in [-0.39, 0.29) is 5.78 Å². The molecule has 0 saturated carbocycles. The van der Waals surface area contributed by atoms with Crippen molar-refractivity contribution in [3.8, 4) is 0 Å². The number of ketones is 1. The van der Waals surface area contributed by atoms with E-state index in [2.05, 4.69) is 0 Å². The van der Waals surface area contributed by atoms with E-state index in [1.807, 2.05) is 0 Å². The average Bonchev–Trinajstić information content (AvgIpc) is 2.18. The maximum Gasteiger partial charge on any atom is 0.154 e. The summed E-state index contributed by atoms with van der Waals surface area (Å²) >= 11 is 6.48. The minimum Gasteiger partial charge on any atom is -0.298 e. The molecule has 0 amide bonds. The Labute approximate surface area is 90.5 Å². The van der Waals surface area contributed by atoms with Gasteiger partial charge in [-0.05, 0) is 57.4 Å². The van der Waals surface area contributed by atoms with Gasteiger partial charge in [-0.25, -0.2) is 0 Å². The predicted molar refractivity (Wildman–Crippen MR) is 58.6 cm³/mol. The Kier molecular flexibility index (Phi) is 2.70. The highest BCUT2D eigenvalue weighted by atomic mass is 35.5. The normalized spacial score (nSPS) is 32.7. The summed E-state index contributed by atoms with van der Waals surface area (Å²) in [7, 11) is 0. The van der Waals surface area contributed by atoms with Crippen molar-refractivity contribution in [3.63, 3.8) is 0 Å². The number of alkyl halides is 1. The molecule has 0 aromatic rings. The van der Waals surface area contributed by atoms with Gasteiger partial charge in [0.25, 0.3) is 0 Å². The third-order valence-corrected chi connectivity index (χ3v) is 4.30. The molecule has 1 nitrogen and oxygen atoms in total. The van der Waals surface area contributed by atoms with Crippen LogP contribution in [0, 0.1) is 0 Å². The fourth-order valence-electron chi connectivity index (χ4n) is 2.81. The molecule has 78 valence electrons. The molecule has 0 saturated heterocycles. The quantitative estimate of drug-likeness (QED) is 0.480. The molecular formula is C12H17ClO. The Morgan fingerprint density at radius 2 is 1.86 bits per heavy atom. The van der Waals surface area contributed by atoms with Crippen molar-refractivity contribution < 1.29 is 4.79 Å². The molecule has 2 rings (SSSR count). The smallest absolute Gasteiger partial charge is 0.154 e. The van der Waals surface area contributed by atoms with Gasteiger partial charge in [0.05, 0.1) is 0 Å².